The van der Waals surface area contributed by atoms with E-state index in [1.807, 2.05) is 78.9 Å². The van der Waals surface area contributed by atoms with Gasteiger partial charge < -0.3 is 36.2 Å². The van der Waals surface area contributed by atoms with E-state index in [1.165, 1.54) is 14.0 Å². The molecule has 1 unspecified atom stereocenters. The summed E-state index contributed by atoms with van der Waals surface area (Å²) >= 11 is 0. The van der Waals surface area contributed by atoms with Gasteiger partial charge in [-0.3, -0.25) is 48.0 Å². The zero-order chi connectivity index (χ0) is 52.8. The number of benzene rings is 3. The lowest BCUT2D eigenvalue weighted by Crippen LogP contribution is -2.60. The second kappa shape index (κ2) is 22.7. The lowest BCUT2D eigenvalue weighted by atomic mass is 9.78. The number of nitrogens with zero attached hydrogens (tertiary/aromatic N) is 4. The molecule has 4 aromatic rings. The Balaban J connectivity index is 0.919. The van der Waals surface area contributed by atoms with Crippen molar-refractivity contribution in [2.45, 2.75) is 134 Å². The molecule has 6 N–H and O–H groups in total. The number of ether oxygens (including phenoxy) is 1. The predicted molar refractivity (Wildman–Crippen MR) is 273 cm³/mol. The molecular formula is C55H67N9O10. The Labute approximate surface area is 429 Å². The molecule has 0 radical (unpaired) electrons. The second-order valence-electron chi connectivity index (χ2n) is 21.1. The summed E-state index contributed by atoms with van der Waals surface area (Å²) in [6.07, 6.45) is 5.78. The van der Waals surface area contributed by atoms with Crippen LogP contribution in [0.4, 0.5) is 4.79 Å². The van der Waals surface area contributed by atoms with Gasteiger partial charge >= 0.3 is 11.8 Å². The van der Waals surface area contributed by atoms with E-state index in [-0.39, 0.29) is 81.5 Å². The topological polar surface area (TPSA) is 253 Å². The van der Waals surface area contributed by atoms with Crippen LogP contribution in [0.1, 0.15) is 120 Å². The van der Waals surface area contributed by atoms with Gasteiger partial charge in [0.1, 0.15) is 29.8 Å². The van der Waals surface area contributed by atoms with E-state index < -0.39 is 71.4 Å². The van der Waals surface area contributed by atoms with Crippen molar-refractivity contribution in [3.63, 3.8) is 0 Å². The van der Waals surface area contributed by atoms with E-state index in [4.69, 9.17) is 10.5 Å². The number of carbonyl (C=O) groups excluding carboxylic acids is 8. The number of nitrogens with one attached hydrogen (secondary N) is 4. The highest BCUT2D eigenvalue weighted by atomic mass is 16.6. The largest absolute Gasteiger partial charge is 0.444 e. The quantitative estimate of drug-likeness (QED) is 0.105. The Morgan fingerprint density at radius 1 is 0.824 bits per heavy atom. The molecule has 3 aromatic carbocycles. The molecule has 19 heteroatoms. The molecule has 4 aliphatic rings. The Morgan fingerprint density at radius 3 is 2.12 bits per heavy atom. The summed E-state index contributed by atoms with van der Waals surface area (Å²) in [7, 11) is 1.68. The Hall–Kier alpha value is -7.57. The molecule has 3 fully saturated rings. The van der Waals surface area contributed by atoms with E-state index in [9.17, 15) is 43.2 Å². The molecule has 8 rings (SSSR count). The number of aryl methyl sites for hydroxylation is 1. The van der Waals surface area contributed by atoms with Crippen LogP contribution in [0.15, 0.2) is 95.4 Å². The van der Waals surface area contributed by atoms with Crippen molar-refractivity contribution in [1.82, 2.24) is 40.2 Å². The smallest absolute Gasteiger partial charge is 0.408 e. The highest BCUT2D eigenvalue weighted by molar-refractivity contribution is 6.00. The van der Waals surface area contributed by atoms with E-state index >= 15 is 0 Å². The van der Waals surface area contributed by atoms with Crippen LogP contribution in [0.25, 0.3) is 11.0 Å². The molecule has 1 saturated carbocycles. The Bertz CT molecular complexity index is 2840. The van der Waals surface area contributed by atoms with Gasteiger partial charge in [-0.25, -0.2) is 9.59 Å². The first-order valence-corrected chi connectivity index (χ1v) is 25.7. The van der Waals surface area contributed by atoms with Gasteiger partial charge in [0.15, 0.2) is 0 Å². The van der Waals surface area contributed by atoms with Gasteiger partial charge in [-0.15, -0.1) is 0 Å². The van der Waals surface area contributed by atoms with Crippen molar-refractivity contribution in [2.24, 2.45) is 24.6 Å². The zero-order valence-electron chi connectivity index (χ0n) is 42.5. The van der Waals surface area contributed by atoms with Crippen LogP contribution in [0.3, 0.4) is 0 Å². The van der Waals surface area contributed by atoms with Gasteiger partial charge in [0.05, 0.1) is 23.6 Å². The van der Waals surface area contributed by atoms with Crippen molar-refractivity contribution in [3.8, 4) is 0 Å². The minimum Gasteiger partial charge on any atom is -0.444 e. The van der Waals surface area contributed by atoms with Gasteiger partial charge in [0.25, 0.3) is 5.91 Å². The monoisotopic (exact) mass is 1010 g/mol. The van der Waals surface area contributed by atoms with Crippen LogP contribution in [0, 0.1) is 11.8 Å². The number of hydrogen-bond acceptors (Lipinski definition) is 10. The SMILES string of the molecule is Cn1c(=O)n(C2CCC(=O)NC2=O)c2ccc(CC3CCC(CC(=O)N4CCC5=CC[C@@H](C(=O)N[C@@H](CCC(N)=O)C(=O)NC(c6ccccc6)c6ccccc6)N5C(=O)[C@@H](NC(=O)OC(C)(C)C)C4)CC3)cc21. The number of carbonyl (C=O) groups is 8. The third-order valence-electron chi connectivity index (χ3n) is 14.6. The number of imide groups is 1. The first-order valence-electron chi connectivity index (χ1n) is 25.7. The van der Waals surface area contributed by atoms with Crippen LogP contribution in [0.5, 0.6) is 0 Å². The summed E-state index contributed by atoms with van der Waals surface area (Å²) in [6, 6.07) is 19.6. The third-order valence-corrected chi connectivity index (χ3v) is 14.6. The average Bonchev–Trinajstić information content (AvgIpc) is 3.89. The van der Waals surface area contributed by atoms with Crippen LogP contribution < -0.4 is 32.7 Å². The fourth-order valence-electron chi connectivity index (χ4n) is 10.8. The molecule has 3 aliphatic heterocycles. The number of rotatable bonds is 15. The molecule has 1 aromatic heterocycles. The minimum absolute atomic E-state index is 0.0914. The van der Waals surface area contributed by atoms with E-state index in [2.05, 4.69) is 21.3 Å². The van der Waals surface area contributed by atoms with Crippen molar-refractivity contribution < 1.29 is 43.1 Å². The number of piperidine rings is 1. The number of nitrogens with two attached hydrogens (primary N) is 1. The number of alkyl carbamates (subject to hydrolysis) is 1. The summed E-state index contributed by atoms with van der Waals surface area (Å²) in [5.74, 6) is -3.01. The van der Waals surface area contributed by atoms with Crippen LogP contribution in [0.2, 0.25) is 0 Å². The molecular weight excluding hydrogens is 947 g/mol. The summed E-state index contributed by atoms with van der Waals surface area (Å²) in [5.41, 5.74) is 8.80. The molecule has 74 heavy (non-hydrogen) atoms. The first kappa shape index (κ1) is 52.7. The fourth-order valence-corrected chi connectivity index (χ4v) is 10.8. The van der Waals surface area contributed by atoms with Gasteiger partial charge in [-0.1, -0.05) is 72.8 Å². The Kier molecular flexibility index (Phi) is 16.2. The molecule has 19 nitrogen and oxygen atoms in total. The zero-order valence-corrected chi connectivity index (χ0v) is 42.5. The van der Waals surface area contributed by atoms with Crippen molar-refractivity contribution in [1.29, 1.82) is 0 Å². The van der Waals surface area contributed by atoms with E-state index in [1.54, 1.807) is 38.8 Å². The van der Waals surface area contributed by atoms with Crippen LogP contribution >= 0.6 is 0 Å². The number of fused-ring (bicyclic) bond motifs is 2. The van der Waals surface area contributed by atoms with Crippen molar-refractivity contribution in [2.75, 3.05) is 13.1 Å². The van der Waals surface area contributed by atoms with Gasteiger partial charge in [-0.2, -0.15) is 0 Å². The highest BCUT2D eigenvalue weighted by Gasteiger charge is 2.44. The minimum atomic E-state index is -1.29. The highest BCUT2D eigenvalue weighted by Crippen LogP contribution is 2.35. The van der Waals surface area contributed by atoms with E-state index in [0.717, 1.165) is 48.8 Å². The standard InChI is InChI=1S/C55H67N9O10/c1-55(2,3)74-53(72)58-40-32-62(47(67)31-34-17-15-33(16-18-34)29-35-19-22-41-44(30-35)61(4)54(73)64(41)43-24-26-46(66)59-51(43)70)28-27-38-20-23-42(63(38)52(40)71)50(69)57-39(21-25-45(56)65)49(68)60-48(36-11-7-5-8-12-36)37-13-9-6-10-14-37/h5-14,19-20,22,30,33-34,39-40,42-43,48H,15-18,21,23-29,31-32H2,1-4H3,(H2,56,65)(H,57,69)(H,58,72)(H,60,68)(H,59,66,70)/t33?,34?,39-,40-,42-,43?/m0/s1. The normalized spacial score (nSPS) is 21.7. The van der Waals surface area contributed by atoms with Gasteiger partial charge in [0.2, 0.25) is 35.4 Å². The molecule has 392 valence electrons. The van der Waals surface area contributed by atoms with Crippen molar-refractivity contribution >= 4 is 58.5 Å². The number of amides is 8. The molecule has 8 amide bonds. The molecule has 4 atom stereocenters. The first-order chi connectivity index (χ1) is 35.3. The number of imidazole rings is 1. The average molecular weight is 1010 g/mol. The summed E-state index contributed by atoms with van der Waals surface area (Å²) in [4.78, 5) is 124. The number of primary amides is 1. The van der Waals surface area contributed by atoms with Gasteiger partial charge in [-0.05, 0) is 113 Å². The summed E-state index contributed by atoms with van der Waals surface area (Å²) in [6.45, 7) is 5.13. The fraction of sp³-hybridized carbons (Fsp3) is 0.473. The van der Waals surface area contributed by atoms with Crippen molar-refractivity contribution in [3.05, 3.63) is 118 Å². The molecule has 4 heterocycles. The maximum Gasteiger partial charge on any atom is 0.408 e. The Morgan fingerprint density at radius 2 is 1.49 bits per heavy atom. The molecule has 2 saturated heterocycles. The van der Waals surface area contributed by atoms with Crippen LogP contribution in [-0.2, 0) is 51.8 Å². The summed E-state index contributed by atoms with van der Waals surface area (Å²) < 4.78 is 8.57. The third kappa shape index (κ3) is 12.4. The molecule has 1 aliphatic carbocycles. The number of aromatic nitrogens is 2. The van der Waals surface area contributed by atoms with Crippen LogP contribution in [-0.4, -0.2) is 103 Å². The lowest BCUT2D eigenvalue weighted by Gasteiger charge is -2.38. The molecule has 0 bridgehead atoms. The maximum absolute atomic E-state index is 14.8. The van der Waals surface area contributed by atoms with Gasteiger partial charge in [0, 0.05) is 45.0 Å². The predicted octanol–water partition coefficient (Wildman–Crippen LogP) is 4.32. The van der Waals surface area contributed by atoms with E-state index in [0.29, 0.717) is 22.6 Å². The summed E-state index contributed by atoms with van der Waals surface area (Å²) in [5, 5.41) is 10.9. The maximum atomic E-state index is 14.8. The second-order valence-corrected chi connectivity index (χ2v) is 21.1. The molecule has 0 spiro atoms. The number of hydrogen-bond donors (Lipinski definition) is 5. The lowest BCUT2D eigenvalue weighted by molar-refractivity contribution is -0.142.